The maximum Gasteiger partial charge on any atom is 0.162 e. The summed E-state index contributed by atoms with van der Waals surface area (Å²) in [5.74, 6) is 1.52. The zero-order valence-electron chi connectivity index (χ0n) is 11.7. The molecule has 0 aliphatic heterocycles. The molecule has 1 heterocycles. The minimum Gasteiger partial charge on any atom is -0.395 e. The van der Waals surface area contributed by atoms with Crippen LogP contribution in [-0.2, 0) is 0 Å². The average Bonchev–Trinajstić information content (AvgIpc) is 2.48. The lowest BCUT2D eigenvalue weighted by Crippen LogP contribution is -2.05. The lowest BCUT2D eigenvalue weighted by Gasteiger charge is -2.11. The van der Waals surface area contributed by atoms with Gasteiger partial charge in [0.15, 0.2) is 5.82 Å². The third-order valence-corrected chi connectivity index (χ3v) is 3.67. The first-order valence-electron chi connectivity index (χ1n) is 6.68. The van der Waals surface area contributed by atoms with Crippen LogP contribution < -0.4 is 5.32 Å². The van der Waals surface area contributed by atoms with Crippen LogP contribution in [0, 0.1) is 0 Å². The highest BCUT2D eigenvalue weighted by Crippen LogP contribution is 2.26. The number of nitrogens with zero attached hydrogens (tertiary/aromatic N) is 2. The molecular formula is C15H19N3OS. The monoisotopic (exact) mass is 289 g/mol. The number of aliphatic hydroxyl groups is 1. The summed E-state index contributed by atoms with van der Waals surface area (Å²) in [6.07, 6.45) is 0. The van der Waals surface area contributed by atoms with Crippen LogP contribution >= 0.6 is 11.8 Å². The van der Waals surface area contributed by atoms with Gasteiger partial charge in [0.25, 0.3) is 0 Å². The molecular weight excluding hydrogens is 270 g/mol. The van der Waals surface area contributed by atoms with Gasteiger partial charge < -0.3 is 10.4 Å². The maximum absolute atomic E-state index is 9.18. The van der Waals surface area contributed by atoms with Gasteiger partial charge in [0, 0.05) is 23.4 Å². The van der Waals surface area contributed by atoms with E-state index >= 15 is 0 Å². The van der Waals surface area contributed by atoms with Crippen LogP contribution in [0.2, 0.25) is 0 Å². The first-order chi connectivity index (χ1) is 9.72. The van der Waals surface area contributed by atoms with E-state index in [1.165, 1.54) is 0 Å². The molecule has 0 radical (unpaired) electrons. The SMILES string of the molecule is CCNc1cc(SC(C)CO)nc(-c2ccccc2)n1. The van der Waals surface area contributed by atoms with Gasteiger partial charge >= 0.3 is 0 Å². The Kier molecular flexibility index (Phi) is 5.38. The van der Waals surface area contributed by atoms with E-state index in [-0.39, 0.29) is 11.9 Å². The van der Waals surface area contributed by atoms with Gasteiger partial charge in [-0.3, -0.25) is 0 Å². The largest absolute Gasteiger partial charge is 0.395 e. The Labute approximate surface area is 123 Å². The van der Waals surface area contributed by atoms with E-state index in [1.807, 2.05) is 50.2 Å². The Morgan fingerprint density at radius 3 is 2.65 bits per heavy atom. The molecule has 2 N–H and O–H groups in total. The van der Waals surface area contributed by atoms with E-state index in [2.05, 4.69) is 15.3 Å². The quantitative estimate of drug-likeness (QED) is 0.632. The zero-order chi connectivity index (χ0) is 14.4. The van der Waals surface area contributed by atoms with Crippen molar-refractivity contribution in [3.05, 3.63) is 36.4 Å². The van der Waals surface area contributed by atoms with E-state index in [0.717, 1.165) is 23.0 Å². The standard InChI is InChI=1S/C15H19N3OS/c1-3-16-13-9-14(20-11(2)10-19)18-15(17-13)12-7-5-4-6-8-12/h4-9,11,19H,3,10H2,1-2H3,(H,16,17,18). The summed E-state index contributed by atoms with van der Waals surface area (Å²) in [6, 6.07) is 11.8. The Balaban J connectivity index is 2.35. The van der Waals surface area contributed by atoms with Gasteiger partial charge in [-0.05, 0) is 6.92 Å². The number of hydrogen-bond acceptors (Lipinski definition) is 5. The van der Waals surface area contributed by atoms with Crippen LogP contribution in [0.4, 0.5) is 5.82 Å². The third-order valence-electron chi connectivity index (χ3n) is 2.67. The van der Waals surface area contributed by atoms with Crippen LogP contribution in [0.1, 0.15) is 13.8 Å². The van der Waals surface area contributed by atoms with Gasteiger partial charge in [-0.15, -0.1) is 11.8 Å². The molecule has 1 unspecified atom stereocenters. The first kappa shape index (κ1) is 14.8. The summed E-state index contributed by atoms with van der Waals surface area (Å²) < 4.78 is 0. The van der Waals surface area contributed by atoms with Gasteiger partial charge in [0.2, 0.25) is 0 Å². The van der Waals surface area contributed by atoms with Crippen LogP contribution in [0.3, 0.4) is 0 Å². The van der Waals surface area contributed by atoms with Crippen molar-refractivity contribution in [2.24, 2.45) is 0 Å². The third kappa shape index (κ3) is 3.95. The second-order valence-corrected chi connectivity index (χ2v) is 5.88. The highest BCUT2D eigenvalue weighted by Gasteiger charge is 2.09. The van der Waals surface area contributed by atoms with Crippen LogP contribution in [0.5, 0.6) is 0 Å². The Hall–Kier alpha value is -1.59. The van der Waals surface area contributed by atoms with Crippen molar-refractivity contribution in [1.82, 2.24) is 9.97 Å². The van der Waals surface area contributed by atoms with Crippen molar-refractivity contribution in [2.45, 2.75) is 24.1 Å². The summed E-state index contributed by atoms with van der Waals surface area (Å²) >= 11 is 1.55. The second kappa shape index (κ2) is 7.26. The smallest absolute Gasteiger partial charge is 0.162 e. The number of aromatic nitrogens is 2. The van der Waals surface area contributed by atoms with Gasteiger partial charge in [0.1, 0.15) is 10.8 Å². The topological polar surface area (TPSA) is 58.0 Å². The predicted molar refractivity (Wildman–Crippen MR) is 84.0 cm³/mol. The molecule has 0 bridgehead atoms. The van der Waals surface area contributed by atoms with E-state index < -0.39 is 0 Å². The summed E-state index contributed by atoms with van der Waals surface area (Å²) in [6.45, 7) is 4.95. The van der Waals surface area contributed by atoms with Gasteiger partial charge in [0.05, 0.1) is 6.61 Å². The van der Waals surface area contributed by atoms with E-state index in [0.29, 0.717) is 5.82 Å². The number of anilines is 1. The molecule has 1 atom stereocenters. The summed E-state index contributed by atoms with van der Waals surface area (Å²) in [7, 11) is 0. The summed E-state index contributed by atoms with van der Waals surface area (Å²) in [5, 5.41) is 13.4. The van der Waals surface area contributed by atoms with Crippen LogP contribution in [0.25, 0.3) is 11.4 Å². The molecule has 20 heavy (non-hydrogen) atoms. The molecule has 0 saturated heterocycles. The highest BCUT2D eigenvalue weighted by molar-refractivity contribution is 7.99. The number of hydrogen-bond donors (Lipinski definition) is 2. The zero-order valence-corrected chi connectivity index (χ0v) is 12.5. The van der Waals surface area contributed by atoms with Gasteiger partial charge in [-0.1, -0.05) is 37.3 Å². The van der Waals surface area contributed by atoms with Gasteiger partial charge in [-0.25, -0.2) is 9.97 Å². The molecule has 0 spiro atoms. The first-order valence-corrected chi connectivity index (χ1v) is 7.56. The number of thioether (sulfide) groups is 1. The minimum absolute atomic E-state index is 0.114. The number of rotatable bonds is 6. The van der Waals surface area contributed by atoms with Crippen molar-refractivity contribution >= 4 is 17.6 Å². The summed E-state index contributed by atoms with van der Waals surface area (Å²) in [5.41, 5.74) is 0.991. The lowest BCUT2D eigenvalue weighted by molar-refractivity contribution is 0.300. The van der Waals surface area contributed by atoms with Crippen LogP contribution in [0.15, 0.2) is 41.4 Å². The lowest BCUT2D eigenvalue weighted by atomic mass is 10.2. The molecule has 2 aromatic rings. The number of benzene rings is 1. The molecule has 0 saturated carbocycles. The molecule has 0 aliphatic rings. The Morgan fingerprint density at radius 1 is 1.25 bits per heavy atom. The van der Waals surface area contributed by atoms with Crippen molar-refractivity contribution in [2.75, 3.05) is 18.5 Å². The second-order valence-electron chi connectivity index (χ2n) is 4.42. The molecule has 4 nitrogen and oxygen atoms in total. The van der Waals surface area contributed by atoms with Crippen molar-refractivity contribution in [3.63, 3.8) is 0 Å². The van der Waals surface area contributed by atoms with Crippen molar-refractivity contribution in [1.29, 1.82) is 0 Å². The molecule has 0 aliphatic carbocycles. The van der Waals surface area contributed by atoms with E-state index in [1.54, 1.807) is 11.8 Å². The minimum atomic E-state index is 0.114. The fourth-order valence-electron chi connectivity index (χ4n) is 1.72. The predicted octanol–water partition coefficient (Wildman–Crippen LogP) is 3.05. The molecule has 0 fully saturated rings. The highest BCUT2D eigenvalue weighted by atomic mass is 32.2. The van der Waals surface area contributed by atoms with Crippen molar-refractivity contribution < 1.29 is 5.11 Å². The molecule has 2 rings (SSSR count). The molecule has 1 aromatic heterocycles. The normalized spacial score (nSPS) is 12.2. The summed E-state index contributed by atoms with van der Waals surface area (Å²) in [4.78, 5) is 9.10. The Morgan fingerprint density at radius 2 is 2.00 bits per heavy atom. The maximum atomic E-state index is 9.18. The molecule has 106 valence electrons. The fraction of sp³-hybridized carbons (Fsp3) is 0.333. The average molecular weight is 289 g/mol. The molecule has 1 aromatic carbocycles. The van der Waals surface area contributed by atoms with Crippen LogP contribution in [-0.4, -0.2) is 33.5 Å². The van der Waals surface area contributed by atoms with Crippen molar-refractivity contribution in [3.8, 4) is 11.4 Å². The molecule has 0 amide bonds. The van der Waals surface area contributed by atoms with Gasteiger partial charge in [-0.2, -0.15) is 0 Å². The number of nitrogens with one attached hydrogen (secondary N) is 1. The fourth-order valence-corrected chi connectivity index (χ4v) is 2.52. The van der Waals surface area contributed by atoms with E-state index in [9.17, 15) is 5.11 Å². The Bertz CT molecular complexity index is 548. The van der Waals surface area contributed by atoms with E-state index in [4.69, 9.17) is 0 Å². The molecule has 5 heteroatoms. The number of aliphatic hydroxyl groups excluding tert-OH is 1.